The number of hydrogen-bond donors (Lipinski definition) is 2. The van der Waals surface area contributed by atoms with Crippen LogP contribution in [0, 0.1) is 23.3 Å². The molecular formula is C60H64F4N6O9Se2. The van der Waals surface area contributed by atoms with Gasteiger partial charge in [-0.3, -0.25) is 14.3 Å². The Balaban J connectivity index is 0.000000151. The monoisotopic (exact) mass is 1250 g/mol. The fraction of sp³-hybridized carbons (Fsp3) is 0.400. The summed E-state index contributed by atoms with van der Waals surface area (Å²) in [6.45, 7) is 7.42. The van der Waals surface area contributed by atoms with E-state index in [-0.39, 0.29) is 88.2 Å². The number of unbranched alkanes of at least 4 members (excludes halogenated alkanes) is 6. The van der Waals surface area contributed by atoms with Crippen molar-refractivity contribution in [1.82, 2.24) is 19.2 Å². The topological polar surface area (TPSA) is 157 Å². The molecular weight excluding hydrogens is 1180 g/mol. The molecule has 2 fully saturated rings. The third-order valence-corrected chi connectivity index (χ3v) is 19.8. The van der Waals surface area contributed by atoms with Crippen molar-refractivity contribution in [2.75, 3.05) is 63.2 Å². The number of ether oxygens (including phenoxy) is 4. The number of pyridine rings is 2. The molecule has 0 aliphatic carbocycles. The maximum atomic E-state index is 15.3. The molecule has 2 saturated heterocycles. The number of benzene rings is 4. The van der Waals surface area contributed by atoms with Gasteiger partial charge in [0, 0.05) is 18.8 Å². The van der Waals surface area contributed by atoms with E-state index in [2.05, 4.69) is 19.3 Å². The Morgan fingerprint density at radius 2 is 1.15 bits per heavy atom. The van der Waals surface area contributed by atoms with Gasteiger partial charge in [-0.1, -0.05) is 39.5 Å². The SMILES string of the molecule is CCCCCCOc1c2n(ccc1=O)N(C1c3ccccc3[Se]Cc3c1ccc(F)c3F)[C@@H]1COCCN1C2=O.CCCCCCOc1c2n(ccc1=O)N[C@@H]1COCCN1C2=O.OC1c2ccccc2[Se]Cc2c1ccc(F)c2F. The Morgan fingerprint density at radius 1 is 0.605 bits per heavy atom. The zero-order valence-electron chi connectivity index (χ0n) is 45.1. The van der Waals surface area contributed by atoms with Crippen molar-refractivity contribution in [2.24, 2.45) is 0 Å². The number of amides is 2. The van der Waals surface area contributed by atoms with Gasteiger partial charge in [-0.25, -0.2) is 0 Å². The number of aliphatic hydroxyl groups is 1. The molecule has 2 N–H and O–H groups in total. The molecule has 4 atom stereocenters. The summed E-state index contributed by atoms with van der Waals surface area (Å²) in [5, 5.41) is 13.2. The molecule has 4 aromatic carbocycles. The van der Waals surface area contributed by atoms with Crippen LogP contribution in [0.3, 0.4) is 0 Å². The second kappa shape index (κ2) is 26.2. The van der Waals surface area contributed by atoms with Gasteiger partial charge >= 0.3 is 334 Å². The summed E-state index contributed by atoms with van der Waals surface area (Å²) in [7, 11) is 0. The van der Waals surface area contributed by atoms with E-state index >= 15 is 4.39 Å². The number of fused-ring (bicyclic) bond motifs is 8. The molecule has 2 unspecified atom stereocenters. The van der Waals surface area contributed by atoms with Crippen molar-refractivity contribution >= 4 is 50.7 Å². The van der Waals surface area contributed by atoms with Crippen LogP contribution in [-0.2, 0) is 20.1 Å². The number of rotatable bonds is 13. The van der Waals surface area contributed by atoms with Crippen molar-refractivity contribution < 1.29 is 51.2 Å². The average molecular weight is 1250 g/mol. The van der Waals surface area contributed by atoms with E-state index in [1.54, 1.807) is 37.6 Å². The van der Waals surface area contributed by atoms with Gasteiger partial charge in [0.1, 0.15) is 6.17 Å². The summed E-state index contributed by atoms with van der Waals surface area (Å²) in [6.07, 6.45) is 9.67. The fourth-order valence-electron chi connectivity index (χ4n) is 10.9. The maximum absolute atomic E-state index is 15.3. The zero-order valence-corrected chi connectivity index (χ0v) is 48.5. The predicted molar refractivity (Wildman–Crippen MR) is 299 cm³/mol. The second-order valence-electron chi connectivity index (χ2n) is 20.2. The molecule has 2 aromatic heterocycles. The van der Waals surface area contributed by atoms with Crippen molar-refractivity contribution in [3.63, 3.8) is 0 Å². The van der Waals surface area contributed by atoms with Crippen molar-refractivity contribution in [3.8, 4) is 11.5 Å². The number of hydrogen-bond acceptors (Lipinski definition) is 11. The van der Waals surface area contributed by atoms with E-state index in [9.17, 15) is 37.5 Å². The Hall–Kier alpha value is -6.44. The van der Waals surface area contributed by atoms with Gasteiger partial charge in [0.25, 0.3) is 5.91 Å². The van der Waals surface area contributed by atoms with Crippen LogP contribution >= 0.6 is 0 Å². The molecule has 2 amide bonds. The average Bonchev–Trinajstić information content (AvgIpc) is 3.57. The number of carbonyl (C=O) groups excluding carboxylic acids is 2. The molecule has 0 radical (unpaired) electrons. The van der Waals surface area contributed by atoms with Crippen LogP contribution in [0.25, 0.3) is 0 Å². The van der Waals surface area contributed by atoms with Gasteiger partial charge in [-0.2, -0.15) is 0 Å². The van der Waals surface area contributed by atoms with E-state index in [1.165, 1.54) is 24.3 Å². The molecule has 12 rings (SSSR count). The molecule has 8 heterocycles. The summed E-state index contributed by atoms with van der Waals surface area (Å²) in [4.78, 5) is 55.3. The summed E-state index contributed by atoms with van der Waals surface area (Å²) in [5.74, 6) is -3.69. The molecule has 21 heteroatoms. The van der Waals surface area contributed by atoms with Gasteiger partial charge in [0.05, 0.1) is 19.8 Å². The van der Waals surface area contributed by atoms with E-state index in [1.807, 2.05) is 53.5 Å². The van der Waals surface area contributed by atoms with Gasteiger partial charge in [-0.15, -0.1) is 0 Å². The summed E-state index contributed by atoms with van der Waals surface area (Å²) in [5.41, 5.74) is 6.55. The second-order valence-corrected chi connectivity index (χ2v) is 24.5. The first-order chi connectivity index (χ1) is 39.4. The number of nitrogens with zero attached hydrogens (tertiary/aromatic N) is 5. The minimum absolute atomic E-state index is 0.0114. The number of halogens is 4. The summed E-state index contributed by atoms with van der Waals surface area (Å²) < 4.78 is 85.2. The van der Waals surface area contributed by atoms with Gasteiger partial charge in [0.2, 0.25) is 5.43 Å². The van der Waals surface area contributed by atoms with E-state index in [0.29, 0.717) is 79.0 Å². The van der Waals surface area contributed by atoms with Crippen LogP contribution < -0.4 is 39.7 Å². The minimum atomic E-state index is -0.876. The Bertz CT molecular complexity index is 3400. The Labute approximate surface area is 479 Å². The van der Waals surface area contributed by atoms with E-state index in [4.69, 9.17) is 18.9 Å². The van der Waals surface area contributed by atoms with Crippen molar-refractivity contribution in [2.45, 2.75) is 100 Å². The van der Waals surface area contributed by atoms with Crippen LogP contribution in [0.5, 0.6) is 11.5 Å². The molecule has 81 heavy (non-hydrogen) atoms. The number of nitrogens with one attached hydrogen (secondary N) is 1. The number of carbonyl (C=O) groups is 2. The van der Waals surface area contributed by atoms with E-state index in [0.717, 1.165) is 77.5 Å². The molecule has 15 nitrogen and oxygen atoms in total. The quantitative estimate of drug-likeness (QED) is 0.0738. The van der Waals surface area contributed by atoms with Crippen molar-refractivity contribution in [3.05, 3.63) is 186 Å². The van der Waals surface area contributed by atoms with Crippen LogP contribution in [-0.4, -0.2) is 131 Å². The fourth-order valence-corrected chi connectivity index (χ4v) is 15.6. The molecule has 6 aromatic rings. The molecule has 0 saturated carbocycles. The molecule has 0 bridgehead atoms. The summed E-state index contributed by atoms with van der Waals surface area (Å²) in [6, 6.07) is 23.1. The standard InChI is InChI=1S/C30H31F2N3O4Se.C16H23N3O4.C14H10F2OSe/c1-2-3-4-7-15-39-29-23(36)12-13-34-28(29)30(37)33-14-16-38-17-25(33)35(34)27-19-10-11-22(31)26(32)21(19)18-40-24-9-6-5-8-20(24)27;1-2-3-4-5-9-23-15-12(20)6-7-19-14(15)16(21)18-8-10-22-11-13(18)17-19;15-11-6-5-8-10(13(11)16)7-18-12-4-2-1-3-9(12)14(8)17/h5-6,8-13,25,27H,2-4,7,14-18H2,1H3;6-7,13,17H,2-5,8-11H2,1H3;1-6,14,17H,7H2/t25-,27?;13-;/m10./s1. The van der Waals surface area contributed by atoms with Crippen LogP contribution in [0.4, 0.5) is 17.6 Å². The molecule has 0 spiro atoms. The van der Waals surface area contributed by atoms with Gasteiger partial charge in [-0.05, 0) is 6.42 Å². The Morgan fingerprint density at radius 3 is 1.80 bits per heavy atom. The zero-order chi connectivity index (χ0) is 56.7. The first kappa shape index (κ1) is 57.8. The van der Waals surface area contributed by atoms with Crippen LogP contribution in [0.1, 0.15) is 132 Å². The normalized spacial score (nSPS) is 19.4. The first-order valence-electron chi connectivity index (χ1n) is 27.6. The summed E-state index contributed by atoms with van der Waals surface area (Å²) >= 11 is -0.125. The predicted octanol–water partition coefficient (Wildman–Crippen LogP) is 6.52. The Kier molecular flexibility index (Phi) is 18.7. The molecule has 428 valence electrons. The molecule has 6 aliphatic heterocycles. The third kappa shape index (κ3) is 11.9. The first-order valence-corrected chi connectivity index (χ1v) is 31.7. The number of aliphatic hydroxyl groups excluding tert-OH is 1. The van der Waals surface area contributed by atoms with E-state index < -0.39 is 41.6 Å². The van der Waals surface area contributed by atoms with Crippen LogP contribution in [0.15, 0.2) is 107 Å². The number of aromatic nitrogens is 2. The third-order valence-electron chi connectivity index (χ3n) is 15.1. The van der Waals surface area contributed by atoms with Gasteiger partial charge < -0.3 is 19.8 Å². The number of morpholine rings is 2. The van der Waals surface area contributed by atoms with Crippen molar-refractivity contribution in [1.29, 1.82) is 0 Å². The molecule has 6 aliphatic rings. The van der Waals surface area contributed by atoms with Gasteiger partial charge in [0.15, 0.2) is 11.4 Å². The van der Waals surface area contributed by atoms with Crippen LogP contribution in [0.2, 0.25) is 0 Å².